The van der Waals surface area contributed by atoms with Gasteiger partial charge < -0.3 is 24.7 Å². The van der Waals surface area contributed by atoms with Crippen LogP contribution >= 0.6 is 0 Å². The van der Waals surface area contributed by atoms with E-state index in [0.29, 0.717) is 18.3 Å². The summed E-state index contributed by atoms with van der Waals surface area (Å²) >= 11 is 0. The lowest BCUT2D eigenvalue weighted by Gasteiger charge is -2.30. The second kappa shape index (κ2) is 8.26. The minimum absolute atomic E-state index is 0.160. The van der Waals surface area contributed by atoms with Gasteiger partial charge in [-0.1, -0.05) is 0 Å². The molecule has 0 bridgehead atoms. The predicted octanol–water partition coefficient (Wildman–Crippen LogP) is 1.91. The maximum absolute atomic E-state index is 13.5. The summed E-state index contributed by atoms with van der Waals surface area (Å²) in [5.41, 5.74) is -3.06. The molecule has 0 amide bonds. The van der Waals surface area contributed by atoms with Crippen LogP contribution in [0.25, 0.3) is 0 Å². The van der Waals surface area contributed by atoms with Crippen LogP contribution in [0.5, 0.6) is 0 Å². The van der Waals surface area contributed by atoms with Crippen molar-refractivity contribution >= 4 is 5.96 Å². The fourth-order valence-electron chi connectivity index (χ4n) is 2.41. The Balaban J connectivity index is 2.05. The van der Waals surface area contributed by atoms with E-state index in [1.165, 1.54) is 25.7 Å². The van der Waals surface area contributed by atoms with Crippen molar-refractivity contribution in [3.8, 4) is 0 Å². The molecule has 0 fully saturated rings. The number of alkyl halides is 3. The fourth-order valence-corrected chi connectivity index (χ4v) is 2.41. The van der Waals surface area contributed by atoms with Crippen LogP contribution < -0.4 is 10.6 Å². The zero-order chi connectivity index (χ0) is 19.2. The van der Waals surface area contributed by atoms with Gasteiger partial charge in [0.25, 0.3) is 0 Å². The van der Waals surface area contributed by atoms with E-state index in [2.05, 4.69) is 20.6 Å². The summed E-state index contributed by atoms with van der Waals surface area (Å²) in [6.45, 7) is 2.45. The molecule has 7 nitrogen and oxygen atoms in total. The molecule has 1 unspecified atom stereocenters. The van der Waals surface area contributed by atoms with E-state index in [1.807, 2.05) is 6.92 Å². The molecule has 10 heteroatoms. The van der Waals surface area contributed by atoms with Crippen LogP contribution in [0.3, 0.4) is 0 Å². The maximum atomic E-state index is 13.5. The Kier molecular flexibility index (Phi) is 6.30. The smallest absolute Gasteiger partial charge is 0.424 e. The van der Waals surface area contributed by atoms with Crippen LogP contribution in [0, 0.1) is 0 Å². The first kappa shape index (κ1) is 19.8. The van der Waals surface area contributed by atoms with Crippen molar-refractivity contribution in [2.24, 2.45) is 12.0 Å². The van der Waals surface area contributed by atoms with Gasteiger partial charge in [-0.05, 0) is 19.1 Å². The molecule has 0 aliphatic carbocycles. The molecule has 26 heavy (non-hydrogen) atoms. The van der Waals surface area contributed by atoms with E-state index in [9.17, 15) is 18.3 Å². The highest BCUT2D eigenvalue weighted by Crippen LogP contribution is 2.40. The molecule has 2 aromatic heterocycles. The first-order valence-corrected chi connectivity index (χ1v) is 8.09. The summed E-state index contributed by atoms with van der Waals surface area (Å²) in [5, 5.41) is 16.0. The zero-order valence-electron chi connectivity index (χ0n) is 14.5. The highest BCUT2D eigenvalue weighted by atomic mass is 19.4. The standard InChI is InChI=1S/C16H22F3N5O2/c1-3-20-14(23-11-12-5-4-10-26-12)22-7-6-15(25,16(17,18)19)13-21-8-9-24(13)2/h4-5,8-10,25H,3,6-7,11H2,1-2H3,(H2,20,22,23). The van der Waals surface area contributed by atoms with Crippen molar-refractivity contribution in [1.82, 2.24) is 20.2 Å². The third kappa shape index (κ3) is 4.57. The van der Waals surface area contributed by atoms with Gasteiger partial charge in [-0.15, -0.1) is 0 Å². The first-order valence-electron chi connectivity index (χ1n) is 8.09. The van der Waals surface area contributed by atoms with E-state index < -0.39 is 24.0 Å². The normalized spacial score (nSPS) is 14.9. The molecule has 0 aliphatic rings. The molecule has 2 rings (SSSR count). The summed E-state index contributed by atoms with van der Waals surface area (Å²) in [7, 11) is 1.40. The van der Waals surface area contributed by atoms with Crippen LogP contribution in [0.15, 0.2) is 40.2 Å². The van der Waals surface area contributed by atoms with Gasteiger partial charge in [0.2, 0.25) is 5.60 Å². The lowest BCUT2D eigenvalue weighted by Crippen LogP contribution is -2.47. The second-order valence-corrected chi connectivity index (χ2v) is 5.67. The molecule has 3 N–H and O–H groups in total. The third-order valence-corrected chi connectivity index (χ3v) is 3.76. The number of nitrogens with one attached hydrogen (secondary N) is 2. The highest BCUT2D eigenvalue weighted by Gasteiger charge is 2.57. The number of aromatic nitrogens is 2. The lowest BCUT2D eigenvalue weighted by molar-refractivity contribution is -0.272. The Morgan fingerprint density at radius 2 is 2.15 bits per heavy atom. The number of halogens is 3. The van der Waals surface area contributed by atoms with E-state index in [1.54, 1.807) is 12.1 Å². The highest BCUT2D eigenvalue weighted by molar-refractivity contribution is 5.79. The Morgan fingerprint density at radius 1 is 1.38 bits per heavy atom. The number of aliphatic hydroxyl groups is 1. The van der Waals surface area contributed by atoms with Crippen molar-refractivity contribution < 1.29 is 22.7 Å². The van der Waals surface area contributed by atoms with Crippen LogP contribution in [0.1, 0.15) is 24.9 Å². The molecule has 1 atom stereocenters. The monoisotopic (exact) mass is 373 g/mol. The van der Waals surface area contributed by atoms with Crippen molar-refractivity contribution in [3.05, 3.63) is 42.4 Å². The topological polar surface area (TPSA) is 87.6 Å². The van der Waals surface area contributed by atoms with Gasteiger partial charge in [-0.25, -0.2) is 9.98 Å². The van der Waals surface area contributed by atoms with E-state index >= 15 is 0 Å². The van der Waals surface area contributed by atoms with E-state index in [4.69, 9.17) is 4.42 Å². The van der Waals surface area contributed by atoms with E-state index in [0.717, 1.165) is 4.57 Å². The minimum Gasteiger partial charge on any atom is -0.467 e. The van der Waals surface area contributed by atoms with Crippen molar-refractivity contribution in [1.29, 1.82) is 0 Å². The summed E-state index contributed by atoms with van der Waals surface area (Å²) in [4.78, 5) is 7.90. The maximum Gasteiger partial charge on any atom is 0.424 e. The van der Waals surface area contributed by atoms with E-state index in [-0.39, 0.29) is 13.1 Å². The molecular weight excluding hydrogens is 351 g/mol. The molecular formula is C16H22F3N5O2. The summed E-state index contributed by atoms with van der Waals surface area (Å²) in [6, 6.07) is 3.47. The Labute approximate surface area is 148 Å². The minimum atomic E-state index is -4.86. The number of guanidine groups is 1. The Bertz CT molecular complexity index is 712. The van der Waals surface area contributed by atoms with Gasteiger partial charge in [0.1, 0.15) is 18.1 Å². The third-order valence-electron chi connectivity index (χ3n) is 3.76. The average molecular weight is 373 g/mol. The molecule has 0 radical (unpaired) electrons. The SMILES string of the molecule is CCNC(=NCc1ccco1)NCCC(O)(c1nccn1C)C(F)(F)F. The van der Waals surface area contributed by atoms with Gasteiger partial charge in [0.15, 0.2) is 5.96 Å². The van der Waals surface area contributed by atoms with Crippen molar-refractivity contribution in [3.63, 3.8) is 0 Å². The summed E-state index contributed by atoms with van der Waals surface area (Å²) in [5.74, 6) is 0.500. The number of nitrogens with zero attached hydrogens (tertiary/aromatic N) is 3. The molecule has 2 aromatic rings. The molecule has 0 aliphatic heterocycles. The lowest BCUT2D eigenvalue weighted by atomic mass is 9.97. The summed E-state index contributed by atoms with van der Waals surface area (Å²) < 4.78 is 46.7. The number of aryl methyl sites for hydroxylation is 1. The molecule has 144 valence electrons. The number of hydrogen-bond donors (Lipinski definition) is 3. The molecule has 2 heterocycles. The Morgan fingerprint density at radius 3 is 2.69 bits per heavy atom. The molecule has 0 aromatic carbocycles. The van der Waals surface area contributed by atoms with Crippen molar-refractivity contribution in [2.45, 2.75) is 31.7 Å². The van der Waals surface area contributed by atoms with Gasteiger partial charge in [-0.2, -0.15) is 13.2 Å². The number of hydrogen-bond acceptors (Lipinski definition) is 4. The fraction of sp³-hybridized carbons (Fsp3) is 0.500. The Hall–Kier alpha value is -2.49. The zero-order valence-corrected chi connectivity index (χ0v) is 14.5. The first-order chi connectivity index (χ1) is 12.3. The van der Waals surface area contributed by atoms with Gasteiger partial charge in [0, 0.05) is 39.0 Å². The van der Waals surface area contributed by atoms with Gasteiger partial charge >= 0.3 is 6.18 Å². The second-order valence-electron chi connectivity index (χ2n) is 5.67. The quantitative estimate of drug-likeness (QED) is 0.510. The number of furan rings is 1. The van der Waals surface area contributed by atoms with Crippen LogP contribution in [0.2, 0.25) is 0 Å². The van der Waals surface area contributed by atoms with Gasteiger partial charge in [-0.3, -0.25) is 0 Å². The van der Waals surface area contributed by atoms with Gasteiger partial charge in [0.05, 0.1) is 6.26 Å². The van der Waals surface area contributed by atoms with Crippen LogP contribution in [-0.4, -0.2) is 39.9 Å². The summed E-state index contributed by atoms with van der Waals surface area (Å²) in [6.07, 6.45) is -1.39. The van der Waals surface area contributed by atoms with Crippen LogP contribution in [0.4, 0.5) is 13.2 Å². The van der Waals surface area contributed by atoms with Crippen LogP contribution in [-0.2, 0) is 19.2 Å². The number of rotatable bonds is 7. The average Bonchev–Trinajstić information content (AvgIpc) is 3.22. The molecule has 0 saturated heterocycles. The predicted molar refractivity (Wildman–Crippen MR) is 89.3 cm³/mol. The number of aliphatic imine (C=N–C) groups is 1. The molecule has 0 saturated carbocycles. The largest absolute Gasteiger partial charge is 0.467 e. The molecule has 0 spiro atoms. The van der Waals surface area contributed by atoms with Crippen molar-refractivity contribution in [2.75, 3.05) is 13.1 Å². The number of imidazole rings is 1.